The van der Waals surface area contributed by atoms with Crippen molar-refractivity contribution < 1.29 is 20.1 Å². The van der Waals surface area contributed by atoms with Crippen LogP contribution in [0.2, 0.25) is 0 Å². The molecule has 0 N–H and O–H groups in total. The van der Waals surface area contributed by atoms with Gasteiger partial charge >= 0.3 is 20.1 Å². The third-order valence-corrected chi connectivity index (χ3v) is 14.1. The van der Waals surface area contributed by atoms with E-state index in [1.165, 1.54) is 55.6 Å². The Kier molecular flexibility index (Phi) is 14.8. The Balaban J connectivity index is 0.00000616. The molecule has 0 aliphatic heterocycles. The number of nitrogens with zero attached hydrogens (tertiary/aromatic N) is 5. The number of aryl methyl sites for hydroxylation is 5. The van der Waals surface area contributed by atoms with E-state index in [0.29, 0.717) is 0 Å². The van der Waals surface area contributed by atoms with Gasteiger partial charge in [-0.25, -0.2) is 0 Å². The van der Waals surface area contributed by atoms with Crippen LogP contribution in [0.15, 0.2) is 249 Å². The Morgan fingerprint density at radius 3 is 1.36 bits per heavy atom. The van der Waals surface area contributed by atoms with E-state index in [9.17, 15) is 0 Å². The van der Waals surface area contributed by atoms with Crippen molar-refractivity contribution in [2.75, 3.05) is 0 Å². The molecule has 0 radical (unpaired) electrons. The summed E-state index contributed by atoms with van der Waals surface area (Å²) in [6.07, 6.45) is 13.2. The number of hydrogen-bond acceptors (Lipinski definition) is 3. The molecule has 0 bridgehead atoms. The molecular formula is C70H52IrN5. The maximum absolute atomic E-state index is 4.88. The zero-order valence-corrected chi connectivity index (χ0v) is 44.5. The number of para-hydroxylation sites is 2. The summed E-state index contributed by atoms with van der Waals surface area (Å²) >= 11 is 0. The van der Waals surface area contributed by atoms with Crippen LogP contribution in [-0.2, 0) is 45.8 Å². The van der Waals surface area contributed by atoms with E-state index in [1.54, 1.807) is 0 Å². The van der Waals surface area contributed by atoms with Gasteiger partial charge in [0.15, 0.2) is 0 Å². The molecule has 0 aliphatic rings. The first-order valence-electron chi connectivity index (χ1n) is 25.6. The number of benzene rings is 9. The van der Waals surface area contributed by atoms with Gasteiger partial charge in [0.25, 0.3) is 0 Å². The average molecular weight is 1160 g/mol. The number of imidazole rings is 2. The van der Waals surface area contributed by atoms with Crippen molar-refractivity contribution in [1.82, 2.24) is 24.1 Å². The van der Waals surface area contributed by atoms with Gasteiger partial charge in [0.1, 0.15) is 0 Å². The number of aromatic nitrogens is 5. The molecule has 6 heteroatoms. The SMILES string of the molecule is Cc1cnc(-c2[c-]cc(-c3ccccc3-c3cc(CCc4c[c-]c(-c5nccn5-c5ccccc5)cc4)cc(CCc4c[c-]c(-c5nccn5-c5ccccc5)cc4)c3)cc2)cc1-c1ccc(-c2ccccc2)cc1.[Ir+3]. The Morgan fingerprint density at radius 2 is 0.829 bits per heavy atom. The van der Waals surface area contributed by atoms with Crippen LogP contribution in [0.25, 0.3) is 89.9 Å². The van der Waals surface area contributed by atoms with E-state index >= 15 is 0 Å². The molecule has 3 aromatic heterocycles. The van der Waals surface area contributed by atoms with Gasteiger partial charge in [0.2, 0.25) is 0 Å². The van der Waals surface area contributed by atoms with E-state index in [-0.39, 0.29) is 20.1 Å². The maximum Gasteiger partial charge on any atom is 3.00 e. The fraction of sp³-hybridized carbons (Fsp3) is 0.0714. The van der Waals surface area contributed by atoms with Gasteiger partial charge < -0.3 is 14.1 Å². The monoisotopic (exact) mass is 1160 g/mol. The normalized spacial score (nSPS) is 11.1. The molecule has 0 spiro atoms. The molecule has 12 aromatic rings. The molecule has 0 saturated heterocycles. The van der Waals surface area contributed by atoms with E-state index in [0.717, 1.165) is 87.8 Å². The minimum absolute atomic E-state index is 0. The summed E-state index contributed by atoms with van der Waals surface area (Å²) in [6, 6.07) is 88.3. The first-order valence-corrected chi connectivity index (χ1v) is 25.6. The second-order valence-electron chi connectivity index (χ2n) is 19.0. The molecule has 3 heterocycles. The van der Waals surface area contributed by atoms with Crippen LogP contribution in [0.5, 0.6) is 0 Å². The van der Waals surface area contributed by atoms with Crippen LogP contribution in [0.4, 0.5) is 0 Å². The quantitative estimate of drug-likeness (QED) is 0.0961. The molecule has 0 fully saturated rings. The molecule has 9 aromatic carbocycles. The molecule has 0 aliphatic carbocycles. The fourth-order valence-electron chi connectivity index (χ4n) is 10.1. The number of rotatable bonds is 15. The predicted octanol–water partition coefficient (Wildman–Crippen LogP) is 16.4. The van der Waals surface area contributed by atoms with Crippen molar-refractivity contribution in [2.45, 2.75) is 32.6 Å². The first-order chi connectivity index (χ1) is 37.1. The van der Waals surface area contributed by atoms with E-state index in [2.05, 4.69) is 216 Å². The molecule has 12 rings (SSSR count). The van der Waals surface area contributed by atoms with Crippen LogP contribution in [0, 0.1) is 25.1 Å². The number of hydrogen-bond donors (Lipinski definition) is 0. The summed E-state index contributed by atoms with van der Waals surface area (Å²) in [5.74, 6) is 1.76. The van der Waals surface area contributed by atoms with Gasteiger partial charge in [-0.3, -0.25) is 9.97 Å². The van der Waals surface area contributed by atoms with Gasteiger partial charge in [0, 0.05) is 42.4 Å². The molecule has 366 valence electrons. The van der Waals surface area contributed by atoms with Crippen molar-refractivity contribution in [3.63, 3.8) is 0 Å². The van der Waals surface area contributed by atoms with Crippen LogP contribution >= 0.6 is 0 Å². The zero-order chi connectivity index (χ0) is 50.3. The molecule has 0 atom stereocenters. The van der Waals surface area contributed by atoms with Crippen molar-refractivity contribution in [3.05, 3.63) is 295 Å². The summed E-state index contributed by atoms with van der Waals surface area (Å²) in [5, 5.41) is 0. The van der Waals surface area contributed by atoms with Crippen LogP contribution in [0.3, 0.4) is 0 Å². The van der Waals surface area contributed by atoms with E-state index < -0.39 is 0 Å². The van der Waals surface area contributed by atoms with Gasteiger partial charge in [-0.2, -0.15) is 0 Å². The van der Waals surface area contributed by atoms with Gasteiger partial charge in [-0.15, -0.1) is 101 Å². The Labute approximate surface area is 459 Å². The molecule has 0 amide bonds. The van der Waals surface area contributed by atoms with E-state index in [1.807, 2.05) is 67.4 Å². The van der Waals surface area contributed by atoms with Crippen LogP contribution in [-0.4, -0.2) is 24.1 Å². The second-order valence-corrected chi connectivity index (χ2v) is 19.0. The third-order valence-electron chi connectivity index (χ3n) is 14.1. The van der Waals surface area contributed by atoms with Crippen molar-refractivity contribution in [1.29, 1.82) is 0 Å². The van der Waals surface area contributed by atoms with E-state index in [4.69, 9.17) is 15.0 Å². The Morgan fingerprint density at radius 1 is 0.368 bits per heavy atom. The first kappa shape index (κ1) is 49.4. The summed E-state index contributed by atoms with van der Waals surface area (Å²) in [5.41, 5.74) is 21.6. The van der Waals surface area contributed by atoms with Crippen molar-refractivity contribution in [2.24, 2.45) is 0 Å². The maximum atomic E-state index is 4.88. The fourth-order valence-corrected chi connectivity index (χ4v) is 10.1. The van der Waals surface area contributed by atoms with Crippen LogP contribution < -0.4 is 0 Å². The molecule has 0 unspecified atom stereocenters. The largest absolute Gasteiger partial charge is 3.00 e. The summed E-state index contributed by atoms with van der Waals surface area (Å²) in [6.45, 7) is 2.13. The Hall–Kier alpha value is -8.80. The van der Waals surface area contributed by atoms with Crippen molar-refractivity contribution in [3.8, 4) is 89.9 Å². The standard InChI is InChI=1S/C70H52N5.Ir/c1-50-49-73-68(48-67(50)58-35-33-56(34-36-58)55-13-5-2-6-14-55)59-39-37-57(38-40-59)65-19-11-12-20-66(65)62-46-53(23-21-51-25-29-60(30-26-51)69-71-41-43-74(69)63-15-7-3-8-16-63)45-54(47-62)24-22-52-27-31-61(32-28-52)70-72-42-44-75(70)64-17-9-4-10-18-64;/h2-20,25-29,31,33-39,41-49H,21-24H2,1H3;/q-3;+3. The van der Waals surface area contributed by atoms with Gasteiger partial charge in [0.05, 0.1) is 11.6 Å². The van der Waals surface area contributed by atoms with Crippen molar-refractivity contribution >= 4 is 0 Å². The van der Waals surface area contributed by atoms with Gasteiger partial charge in [-0.05, 0) is 99.8 Å². The Bertz CT molecular complexity index is 3700. The van der Waals surface area contributed by atoms with Gasteiger partial charge in [-0.1, -0.05) is 163 Å². The number of pyridine rings is 1. The molecule has 0 saturated carbocycles. The average Bonchev–Trinajstić information content (AvgIpc) is 4.19. The summed E-state index contributed by atoms with van der Waals surface area (Å²) < 4.78 is 4.22. The minimum atomic E-state index is 0. The molecular weight excluding hydrogens is 1100 g/mol. The van der Waals surface area contributed by atoms with Crippen LogP contribution in [0.1, 0.15) is 27.8 Å². The summed E-state index contributed by atoms with van der Waals surface area (Å²) in [7, 11) is 0. The minimum Gasteiger partial charge on any atom is -0.340 e. The topological polar surface area (TPSA) is 48.5 Å². The predicted molar refractivity (Wildman–Crippen MR) is 305 cm³/mol. The zero-order valence-electron chi connectivity index (χ0n) is 42.1. The molecule has 5 nitrogen and oxygen atoms in total. The second kappa shape index (κ2) is 22.8. The third kappa shape index (κ3) is 10.9. The smallest absolute Gasteiger partial charge is 0.340 e. The molecule has 76 heavy (non-hydrogen) atoms. The summed E-state index contributed by atoms with van der Waals surface area (Å²) in [4.78, 5) is 14.3.